The second-order valence-corrected chi connectivity index (χ2v) is 8.71. The molecule has 0 bridgehead atoms. The largest absolute Gasteiger partial charge is 0.382 e. The Morgan fingerprint density at radius 3 is 2.65 bits per heavy atom. The van der Waals surface area contributed by atoms with E-state index < -0.39 is 5.60 Å². The molecule has 0 aromatic rings. The molecule has 0 aromatic carbocycles. The van der Waals surface area contributed by atoms with Crippen LogP contribution in [0.2, 0.25) is 0 Å². The van der Waals surface area contributed by atoms with Crippen LogP contribution in [-0.2, 0) is 9.59 Å². The van der Waals surface area contributed by atoms with Gasteiger partial charge in [0, 0.05) is 11.8 Å². The van der Waals surface area contributed by atoms with Crippen LogP contribution in [-0.4, -0.2) is 22.3 Å². The molecule has 4 aliphatic carbocycles. The van der Waals surface area contributed by atoms with Crippen molar-refractivity contribution in [1.29, 1.82) is 0 Å². The van der Waals surface area contributed by atoms with Gasteiger partial charge in [0.25, 0.3) is 0 Å². The van der Waals surface area contributed by atoms with Crippen LogP contribution in [0.3, 0.4) is 0 Å². The predicted molar refractivity (Wildman–Crippen MR) is 87.7 cm³/mol. The van der Waals surface area contributed by atoms with E-state index in [9.17, 15) is 14.7 Å². The Hall–Kier alpha value is -0.960. The zero-order chi connectivity index (χ0) is 16.4. The molecule has 1 N–H and O–H groups in total. The summed E-state index contributed by atoms with van der Waals surface area (Å²) >= 11 is 0. The van der Waals surface area contributed by atoms with Gasteiger partial charge in [-0.15, -0.1) is 0 Å². The Bertz CT molecular complexity index is 592. The first-order chi connectivity index (χ1) is 10.9. The molecule has 3 heteroatoms. The molecule has 0 unspecified atom stereocenters. The number of carbonyl (C=O) groups is 2. The van der Waals surface area contributed by atoms with E-state index in [0.29, 0.717) is 42.3 Å². The minimum Gasteiger partial charge on any atom is -0.382 e. The topological polar surface area (TPSA) is 54.4 Å². The van der Waals surface area contributed by atoms with E-state index in [-0.39, 0.29) is 11.2 Å². The fourth-order valence-corrected chi connectivity index (χ4v) is 6.78. The number of hydrogen-bond acceptors (Lipinski definition) is 3. The predicted octanol–water partition coefficient (Wildman–Crippen LogP) is 3.45. The highest BCUT2D eigenvalue weighted by atomic mass is 16.3. The summed E-state index contributed by atoms with van der Waals surface area (Å²) in [5, 5.41) is 11.1. The van der Waals surface area contributed by atoms with Gasteiger partial charge in [0.1, 0.15) is 5.60 Å². The zero-order valence-corrected chi connectivity index (χ0v) is 14.3. The third kappa shape index (κ3) is 1.98. The highest BCUT2D eigenvalue weighted by Crippen LogP contribution is 2.64. The van der Waals surface area contributed by atoms with Crippen molar-refractivity contribution in [3.63, 3.8) is 0 Å². The van der Waals surface area contributed by atoms with Gasteiger partial charge in [-0.05, 0) is 81.6 Å². The molecule has 4 aliphatic rings. The molecule has 6 atom stereocenters. The lowest BCUT2D eigenvalue weighted by Gasteiger charge is -2.55. The van der Waals surface area contributed by atoms with E-state index in [1.54, 1.807) is 6.92 Å². The van der Waals surface area contributed by atoms with Crippen molar-refractivity contribution in [2.75, 3.05) is 0 Å². The lowest BCUT2D eigenvalue weighted by Crippen LogP contribution is -2.55. The van der Waals surface area contributed by atoms with E-state index >= 15 is 0 Å². The molecule has 23 heavy (non-hydrogen) atoms. The van der Waals surface area contributed by atoms with Gasteiger partial charge in [-0.25, -0.2) is 0 Å². The average molecular weight is 316 g/mol. The molecule has 0 radical (unpaired) electrons. The number of ketones is 2. The second kappa shape index (κ2) is 5.02. The third-order valence-electron chi connectivity index (χ3n) is 8.03. The van der Waals surface area contributed by atoms with Gasteiger partial charge in [-0.2, -0.15) is 0 Å². The monoisotopic (exact) mass is 316 g/mol. The van der Waals surface area contributed by atoms with Crippen LogP contribution in [0.15, 0.2) is 11.6 Å². The van der Waals surface area contributed by atoms with Crippen LogP contribution in [0.5, 0.6) is 0 Å². The van der Waals surface area contributed by atoms with Crippen LogP contribution in [0.1, 0.15) is 65.2 Å². The zero-order valence-electron chi connectivity index (χ0n) is 14.3. The molecular weight excluding hydrogens is 288 g/mol. The average Bonchev–Trinajstić information content (AvgIpc) is 2.80. The van der Waals surface area contributed by atoms with Crippen molar-refractivity contribution in [2.24, 2.45) is 29.1 Å². The molecule has 4 rings (SSSR count). The van der Waals surface area contributed by atoms with Crippen LogP contribution in [0.25, 0.3) is 0 Å². The van der Waals surface area contributed by atoms with E-state index in [1.807, 2.05) is 6.08 Å². The first-order valence-electron chi connectivity index (χ1n) is 9.33. The van der Waals surface area contributed by atoms with Crippen molar-refractivity contribution < 1.29 is 14.7 Å². The molecule has 0 aliphatic heterocycles. The summed E-state index contributed by atoms with van der Waals surface area (Å²) in [7, 11) is 0. The number of Topliss-reactive ketones (excluding diaryl/α,β-unsaturated/α-hetero) is 1. The Morgan fingerprint density at radius 1 is 1.13 bits per heavy atom. The number of carbonyl (C=O) groups excluding carboxylic acids is 2. The second-order valence-electron chi connectivity index (χ2n) is 8.71. The highest BCUT2D eigenvalue weighted by Gasteiger charge is 2.64. The number of hydrogen-bond donors (Lipinski definition) is 1. The normalized spacial score (nSPS) is 49.0. The van der Waals surface area contributed by atoms with Crippen molar-refractivity contribution in [1.82, 2.24) is 0 Å². The standard InChI is InChI=1S/C20H28O3/c1-12(21)20(23)10-8-18-17-5-3-13-11-14(22)4-6-15(13)16(17)7-9-19(18,20)2/h11,15-18,23H,3-10H2,1-2H3/t15-,16+,17+,18-,19-,20-/m1/s1. The first-order valence-corrected chi connectivity index (χ1v) is 9.33. The molecule has 0 spiro atoms. The fourth-order valence-electron chi connectivity index (χ4n) is 6.78. The molecule has 3 nitrogen and oxygen atoms in total. The molecule has 0 amide bonds. The minimum atomic E-state index is -1.11. The molecule has 0 saturated heterocycles. The Morgan fingerprint density at radius 2 is 1.91 bits per heavy atom. The first kappa shape index (κ1) is 15.6. The van der Waals surface area contributed by atoms with Crippen molar-refractivity contribution in [3.05, 3.63) is 11.6 Å². The van der Waals surface area contributed by atoms with Crippen molar-refractivity contribution >= 4 is 11.6 Å². The van der Waals surface area contributed by atoms with Gasteiger partial charge in [0.2, 0.25) is 0 Å². The van der Waals surface area contributed by atoms with E-state index in [1.165, 1.54) is 5.57 Å². The van der Waals surface area contributed by atoms with Crippen molar-refractivity contribution in [2.45, 2.75) is 70.8 Å². The molecule has 3 saturated carbocycles. The smallest absolute Gasteiger partial charge is 0.161 e. The summed E-state index contributed by atoms with van der Waals surface area (Å²) in [5.74, 6) is 2.60. The van der Waals surface area contributed by atoms with Crippen LogP contribution >= 0.6 is 0 Å². The van der Waals surface area contributed by atoms with Crippen LogP contribution in [0, 0.1) is 29.1 Å². The molecular formula is C20H28O3. The van der Waals surface area contributed by atoms with Gasteiger partial charge in [-0.1, -0.05) is 12.5 Å². The maximum absolute atomic E-state index is 12.2. The summed E-state index contributed by atoms with van der Waals surface area (Å²) in [5.41, 5.74) is 0.0402. The molecule has 3 fully saturated rings. The summed E-state index contributed by atoms with van der Waals surface area (Å²) in [6.07, 6.45) is 9.51. The maximum atomic E-state index is 12.2. The summed E-state index contributed by atoms with van der Waals surface area (Å²) in [6.45, 7) is 3.73. The Kier molecular flexibility index (Phi) is 3.39. The van der Waals surface area contributed by atoms with Crippen LogP contribution < -0.4 is 0 Å². The lowest BCUT2D eigenvalue weighted by atomic mass is 9.50. The highest BCUT2D eigenvalue weighted by molar-refractivity contribution is 5.91. The minimum absolute atomic E-state index is 0.0411. The van der Waals surface area contributed by atoms with Gasteiger partial charge < -0.3 is 5.11 Å². The number of rotatable bonds is 1. The number of fused-ring (bicyclic) bond motifs is 5. The summed E-state index contributed by atoms with van der Waals surface area (Å²) < 4.78 is 0. The van der Waals surface area contributed by atoms with E-state index in [0.717, 1.165) is 38.5 Å². The molecule has 0 heterocycles. The fraction of sp³-hybridized carbons (Fsp3) is 0.800. The van der Waals surface area contributed by atoms with E-state index in [2.05, 4.69) is 6.92 Å². The van der Waals surface area contributed by atoms with Crippen molar-refractivity contribution in [3.8, 4) is 0 Å². The third-order valence-corrected chi connectivity index (χ3v) is 8.03. The van der Waals surface area contributed by atoms with E-state index in [4.69, 9.17) is 0 Å². The molecule has 126 valence electrons. The summed E-state index contributed by atoms with van der Waals surface area (Å²) in [6, 6.07) is 0. The molecule has 0 aromatic heterocycles. The van der Waals surface area contributed by atoms with Gasteiger partial charge in [-0.3, -0.25) is 9.59 Å². The quantitative estimate of drug-likeness (QED) is 0.806. The summed E-state index contributed by atoms with van der Waals surface area (Å²) in [4.78, 5) is 23.9. The van der Waals surface area contributed by atoms with Gasteiger partial charge in [0.05, 0.1) is 0 Å². The van der Waals surface area contributed by atoms with Crippen LogP contribution in [0.4, 0.5) is 0 Å². The van der Waals surface area contributed by atoms with Gasteiger partial charge in [0.15, 0.2) is 11.6 Å². The van der Waals surface area contributed by atoms with Gasteiger partial charge >= 0.3 is 0 Å². The lowest BCUT2D eigenvalue weighted by molar-refractivity contribution is -0.157. The Labute approximate surface area is 138 Å². The Balaban J connectivity index is 1.65. The maximum Gasteiger partial charge on any atom is 0.161 e. The SMILES string of the molecule is CC(=O)[C@]1(O)CC[C@@H]2[C@H]3CCC4=CC(=O)CC[C@H]4[C@@H]3CC[C@]21C. The number of aliphatic hydroxyl groups is 1. The number of allylic oxidation sites excluding steroid dienone is 1.